The van der Waals surface area contributed by atoms with Crippen LogP contribution in [0.1, 0.15) is 44.9 Å². The average molecular weight is 270 g/mol. The molecule has 1 amide bonds. The Morgan fingerprint density at radius 2 is 2.05 bits per heavy atom. The van der Waals surface area contributed by atoms with Crippen LogP contribution in [0.5, 0.6) is 0 Å². The number of nitrogens with one attached hydrogen (secondary N) is 1. The monoisotopic (exact) mass is 270 g/mol. The summed E-state index contributed by atoms with van der Waals surface area (Å²) >= 11 is 0. The smallest absolute Gasteiger partial charge is 0.251 e. The summed E-state index contributed by atoms with van der Waals surface area (Å²) in [5, 5.41) is 8.91. The van der Waals surface area contributed by atoms with Crippen LogP contribution in [0.3, 0.4) is 0 Å². The lowest BCUT2D eigenvalue weighted by Crippen LogP contribution is -2.32. The second-order valence-electron chi connectivity index (χ2n) is 5.97. The fourth-order valence-electron chi connectivity index (χ4n) is 2.53. The molecule has 0 aromatic carbocycles. The first-order valence-electron chi connectivity index (χ1n) is 6.79. The number of carbonyl (C=O) groups excluding carboxylic acids is 1. The van der Waals surface area contributed by atoms with Gasteiger partial charge in [0, 0.05) is 11.8 Å². The Kier molecular flexibility index (Phi) is 2.67. The van der Waals surface area contributed by atoms with E-state index in [2.05, 4.69) is 29.5 Å². The molecule has 5 nitrogen and oxygen atoms in total. The molecule has 0 unspecified atom stereocenters. The summed E-state index contributed by atoms with van der Waals surface area (Å²) in [7, 11) is 0. The highest BCUT2D eigenvalue weighted by atomic mass is 16.2. The van der Waals surface area contributed by atoms with Crippen LogP contribution in [0.4, 0.5) is 0 Å². The number of nitrogens with zero attached hydrogens (tertiary/aromatic N) is 3. The van der Waals surface area contributed by atoms with Crippen molar-refractivity contribution in [1.29, 1.82) is 0 Å². The molecule has 0 saturated carbocycles. The Labute approximate surface area is 117 Å². The maximum absolute atomic E-state index is 12.0. The average Bonchev–Trinajstić information content (AvgIpc) is 2.89. The van der Waals surface area contributed by atoms with E-state index in [1.807, 2.05) is 42.8 Å². The van der Waals surface area contributed by atoms with Crippen LogP contribution in [-0.4, -0.2) is 21.2 Å². The Morgan fingerprint density at radius 1 is 1.30 bits per heavy atom. The van der Waals surface area contributed by atoms with Crippen molar-refractivity contribution in [2.24, 2.45) is 10.5 Å². The van der Waals surface area contributed by atoms with E-state index in [1.54, 1.807) is 0 Å². The Balaban J connectivity index is 2.30. The van der Waals surface area contributed by atoms with Gasteiger partial charge in [-0.2, -0.15) is 10.2 Å². The summed E-state index contributed by atoms with van der Waals surface area (Å²) in [5.41, 5.74) is 5.66. The Hall–Kier alpha value is -2.17. The highest BCUT2D eigenvalue weighted by Crippen LogP contribution is 2.33. The zero-order valence-electron chi connectivity index (χ0n) is 12.1. The fraction of sp³-hybridized carbons (Fsp3) is 0.400. The minimum atomic E-state index is -0.636. The zero-order valence-corrected chi connectivity index (χ0v) is 12.1. The number of hydrazone groups is 1. The molecule has 0 bridgehead atoms. The van der Waals surface area contributed by atoms with Gasteiger partial charge in [0.25, 0.3) is 5.91 Å². The number of hydrogen-bond acceptors (Lipinski definition) is 3. The molecule has 20 heavy (non-hydrogen) atoms. The lowest BCUT2D eigenvalue weighted by Gasteiger charge is -2.17. The van der Waals surface area contributed by atoms with E-state index in [0.717, 1.165) is 22.5 Å². The van der Waals surface area contributed by atoms with E-state index >= 15 is 0 Å². The van der Waals surface area contributed by atoms with Crippen molar-refractivity contribution >= 4 is 17.1 Å². The number of rotatable bonds is 2. The first kappa shape index (κ1) is 12.8. The van der Waals surface area contributed by atoms with Crippen molar-refractivity contribution < 1.29 is 4.79 Å². The SMILES string of the molecule is CC(C)c1nn2ccccc2c1C1=NNC(=O)C1(C)C. The summed E-state index contributed by atoms with van der Waals surface area (Å²) in [5.74, 6) is 0.191. The molecule has 0 atom stereocenters. The molecule has 0 spiro atoms. The standard InChI is InChI=1S/C15H18N4O/c1-9(2)12-11(10-7-5-6-8-19(10)18-12)13-15(3,4)14(20)17-16-13/h5-9H,1-4H3,(H,17,20). The van der Waals surface area contributed by atoms with Crippen molar-refractivity contribution in [3.8, 4) is 0 Å². The van der Waals surface area contributed by atoms with Crippen LogP contribution in [0.2, 0.25) is 0 Å². The van der Waals surface area contributed by atoms with Crippen LogP contribution in [0, 0.1) is 5.41 Å². The van der Waals surface area contributed by atoms with Gasteiger partial charge in [0.2, 0.25) is 0 Å². The molecule has 3 rings (SSSR count). The molecule has 1 aliphatic heterocycles. The van der Waals surface area contributed by atoms with Crippen LogP contribution >= 0.6 is 0 Å². The second kappa shape index (κ2) is 4.16. The largest absolute Gasteiger partial charge is 0.272 e. The van der Waals surface area contributed by atoms with Gasteiger partial charge in [-0.05, 0) is 31.9 Å². The molecule has 104 valence electrons. The molecule has 0 aliphatic carbocycles. The number of aromatic nitrogens is 2. The summed E-state index contributed by atoms with van der Waals surface area (Å²) < 4.78 is 1.85. The third-order valence-corrected chi connectivity index (χ3v) is 3.78. The van der Waals surface area contributed by atoms with Gasteiger partial charge >= 0.3 is 0 Å². The van der Waals surface area contributed by atoms with Crippen molar-refractivity contribution in [3.05, 3.63) is 35.7 Å². The van der Waals surface area contributed by atoms with Crippen LogP contribution < -0.4 is 5.43 Å². The van der Waals surface area contributed by atoms with E-state index in [1.165, 1.54) is 0 Å². The van der Waals surface area contributed by atoms with Crippen molar-refractivity contribution in [2.75, 3.05) is 0 Å². The minimum absolute atomic E-state index is 0.0718. The molecule has 0 radical (unpaired) electrons. The summed E-state index contributed by atoms with van der Waals surface area (Å²) in [4.78, 5) is 12.0. The van der Waals surface area contributed by atoms with Crippen molar-refractivity contribution in [2.45, 2.75) is 33.6 Å². The lowest BCUT2D eigenvalue weighted by atomic mass is 9.82. The zero-order chi connectivity index (χ0) is 14.5. The molecule has 3 heterocycles. The molecule has 2 aromatic heterocycles. The third-order valence-electron chi connectivity index (χ3n) is 3.78. The number of amides is 1. The highest BCUT2D eigenvalue weighted by molar-refractivity contribution is 6.22. The van der Waals surface area contributed by atoms with Gasteiger partial charge in [-0.3, -0.25) is 4.79 Å². The molecular weight excluding hydrogens is 252 g/mol. The number of pyridine rings is 1. The van der Waals surface area contributed by atoms with Gasteiger partial charge < -0.3 is 0 Å². The molecule has 1 aliphatic rings. The number of hydrogen-bond donors (Lipinski definition) is 1. The fourth-order valence-corrected chi connectivity index (χ4v) is 2.53. The first-order chi connectivity index (χ1) is 9.43. The van der Waals surface area contributed by atoms with Gasteiger partial charge in [-0.1, -0.05) is 19.9 Å². The lowest BCUT2D eigenvalue weighted by molar-refractivity contribution is -0.125. The van der Waals surface area contributed by atoms with Crippen LogP contribution in [0.15, 0.2) is 29.5 Å². The molecule has 0 saturated heterocycles. The topological polar surface area (TPSA) is 58.8 Å². The van der Waals surface area contributed by atoms with Crippen LogP contribution in [-0.2, 0) is 4.79 Å². The third kappa shape index (κ3) is 1.66. The maximum atomic E-state index is 12.0. The van der Waals surface area contributed by atoms with E-state index in [0.29, 0.717) is 0 Å². The quantitative estimate of drug-likeness (QED) is 0.910. The maximum Gasteiger partial charge on any atom is 0.251 e. The molecule has 5 heteroatoms. The molecular formula is C15H18N4O. The van der Waals surface area contributed by atoms with E-state index < -0.39 is 5.41 Å². The van der Waals surface area contributed by atoms with Gasteiger partial charge in [0.1, 0.15) is 0 Å². The molecule has 0 fully saturated rings. The highest BCUT2D eigenvalue weighted by Gasteiger charge is 2.41. The van der Waals surface area contributed by atoms with Crippen LogP contribution in [0.25, 0.3) is 5.52 Å². The number of fused-ring (bicyclic) bond motifs is 1. The predicted molar refractivity (Wildman–Crippen MR) is 77.7 cm³/mol. The Morgan fingerprint density at radius 3 is 2.65 bits per heavy atom. The van der Waals surface area contributed by atoms with E-state index in [-0.39, 0.29) is 11.8 Å². The van der Waals surface area contributed by atoms with Gasteiger partial charge in [-0.15, -0.1) is 0 Å². The van der Waals surface area contributed by atoms with Gasteiger partial charge in [-0.25, -0.2) is 9.94 Å². The number of carbonyl (C=O) groups is 1. The van der Waals surface area contributed by atoms with E-state index in [9.17, 15) is 4.79 Å². The second-order valence-corrected chi connectivity index (χ2v) is 5.97. The minimum Gasteiger partial charge on any atom is -0.272 e. The first-order valence-corrected chi connectivity index (χ1v) is 6.79. The molecule has 1 N–H and O–H groups in total. The van der Waals surface area contributed by atoms with Crippen molar-refractivity contribution in [1.82, 2.24) is 15.0 Å². The summed E-state index contributed by atoms with van der Waals surface area (Å²) in [6, 6.07) is 5.93. The normalized spacial score (nSPS) is 17.6. The van der Waals surface area contributed by atoms with Crippen molar-refractivity contribution in [3.63, 3.8) is 0 Å². The summed E-state index contributed by atoms with van der Waals surface area (Å²) in [6.07, 6.45) is 1.92. The summed E-state index contributed by atoms with van der Waals surface area (Å²) in [6.45, 7) is 7.99. The Bertz CT molecular complexity index is 725. The van der Waals surface area contributed by atoms with E-state index in [4.69, 9.17) is 0 Å². The van der Waals surface area contributed by atoms with Gasteiger partial charge in [0.15, 0.2) is 0 Å². The molecule has 2 aromatic rings. The predicted octanol–water partition coefficient (Wildman–Crippen LogP) is 2.32. The van der Waals surface area contributed by atoms with Gasteiger partial charge in [0.05, 0.1) is 22.3 Å².